The largest absolute Gasteiger partial charge is 0.493 e. The Labute approximate surface area is 158 Å². The molecule has 0 heterocycles. The molecule has 2 aromatic carbocycles. The van der Waals surface area contributed by atoms with E-state index in [0.29, 0.717) is 35.1 Å². The third kappa shape index (κ3) is 5.86. The van der Waals surface area contributed by atoms with E-state index in [1.54, 1.807) is 48.5 Å². The van der Waals surface area contributed by atoms with Gasteiger partial charge < -0.3 is 14.8 Å². The van der Waals surface area contributed by atoms with Crippen molar-refractivity contribution in [2.24, 2.45) is 5.92 Å². The summed E-state index contributed by atoms with van der Waals surface area (Å²) in [5, 5.41) is 11.7. The molecule has 1 N–H and O–H groups in total. The van der Waals surface area contributed by atoms with Gasteiger partial charge in [-0.25, -0.2) is 4.79 Å². The van der Waals surface area contributed by atoms with E-state index in [2.05, 4.69) is 5.32 Å². The SMILES string of the molecule is CC(C)COc1ccc(C(=O)O[C@H](C)C(=O)Nc2ccccc2C#N)cc1. The highest BCUT2D eigenvalue weighted by atomic mass is 16.5. The number of anilines is 1. The Morgan fingerprint density at radius 1 is 1.07 bits per heavy atom. The zero-order chi connectivity index (χ0) is 19.8. The number of para-hydroxylation sites is 1. The second kappa shape index (κ2) is 9.39. The maximum Gasteiger partial charge on any atom is 0.338 e. The van der Waals surface area contributed by atoms with Crippen molar-refractivity contribution in [2.75, 3.05) is 11.9 Å². The molecule has 140 valence electrons. The number of carbonyl (C=O) groups is 2. The highest BCUT2D eigenvalue weighted by Crippen LogP contribution is 2.16. The first kappa shape index (κ1) is 20.0. The standard InChI is InChI=1S/C21H22N2O4/c1-14(2)13-26-18-10-8-16(9-11-18)21(25)27-15(3)20(24)23-19-7-5-4-6-17(19)12-22/h4-11,14-15H,13H2,1-3H3,(H,23,24)/t15-/m1/s1. The van der Waals surface area contributed by atoms with E-state index in [1.165, 1.54) is 6.92 Å². The molecule has 27 heavy (non-hydrogen) atoms. The molecule has 0 fully saturated rings. The Hall–Kier alpha value is -3.33. The number of amides is 1. The summed E-state index contributed by atoms with van der Waals surface area (Å²) in [5.74, 6) is -0.0520. The molecular formula is C21H22N2O4. The Morgan fingerprint density at radius 2 is 1.74 bits per heavy atom. The van der Waals surface area contributed by atoms with E-state index in [0.717, 1.165) is 0 Å². The monoisotopic (exact) mass is 366 g/mol. The summed E-state index contributed by atoms with van der Waals surface area (Å²) in [6.07, 6.45) is -1.01. The van der Waals surface area contributed by atoms with E-state index in [-0.39, 0.29) is 0 Å². The number of ether oxygens (including phenoxy) is 2. The summed E-state index contributed by atoms with van der Waals surface area (Å²) in [4.78, 5) is 24.4. The maximum atomic E-state index is 12.2. The van der Waals surface area contributed by atoms with Crippen LogP contribution in [0, 0.1) is 17.2 Å². The van der Waals surface area contributed by atoms with Gasteiger partial charge >= 0.3 is 5.97 Å². The van der Waals surface area contributed by atoms with Crippen LogP contribution in [-0.4, -0.2) is 24.6 Å². The van der Waals surface area contributed by atoms with Crippen molar-refractivity contribution in [1.29, 1.82) is 5.26 Å². The van der Waals surface area contributed by atoms with Crippen molar-refractivity contribution >= 4 is 17.6 Å². The summed E-state index contributed by atoms with van der Waals surface area (Å²) in [7, 11) is 0. The summed E-state index contributed by atoms with van der Waals surface area (Å²) in [6, 6.07) is 15.2. The normalized spacial score (nSPS) is 11.4. The van der Waals surface area contributed by atoms with Crippen LogP contribution in [0.3, 0.4) is 0 Å². The maximum absolute atomic E-state index is 12.2. The van der Waals surface area contributed by atoms with Crippen molar-refractivity contribution in [3.63, 3.8) is 0 Å². The number of nitrogens with one attached hydrogen (secondary N) is 1. The van der Waals surface area contributed by atoms with Gasteiger partial charge in [-0.1, -0.05) is 26.0 Å². The molecule has 0 aliphatic carbocycles. The molecule has 6 heteroatoms. The number of esters is 1. The Kier molecular flexibility index (Phi) is 6.95. The summed E-state index contributed by atoms with van der Waals surface area (Å²) >= 11 is 0. The molecule has 0 spiro atoms. The third-order valence-electron chi connectivity index (χ3n) is 3.63. The number of benzene rings is 2. The predicted molar refractivity (Wildman–Crippen MR) is 101 cm³/mol. The van der Waals surface area contributed by atoms with Crippen LogP contribution in [0.25, 0.3) is 0 Å². The van der Waals surface area contributed by atoms with E-state index in [9.17, 15) is 9.59 Å². The molecule has 0 radical (unpaired) electrons. The molecule has 6 nitrogen and oxygen atoms in total. The minimum absolute atomic E-state index is 0.323. The fourth-order valence-electron chi connectivity index (χ4n) is 2.16. The molecule has 2 aromatic rings. The smallest absolute Gasteiger partial charge is 0.338 e. The first-order chi connectivity index (χ1) is 12.9. The molecule has 0 unspecified atom stereocenters. The van der Waals surface area contributed by atoms with E-state index < -0.39 is 18.0 Å². The molecule has 0 aliphatic rings. The van der Waals surface area contributed by atoms with Crippen molar-refractivity contribution in [2.45, 2.75) is 26.9 Å². The lowest BCUT2D eigenvalue weighted by atomic mass is 10.2. The van der Waals surface area contributed by atoms with Crippen molar-refractivity contribution in [3.8, 4) is 11.8 Å². The molecule has 0 aromatic heterocycles. The molecule has 0 saturated carbocycles. The van der Waals surface area contributed by atoms with Gasteiger partial charge in [-0.15, -0.1) is 0 Å². The summed E-state index contributed by atoms with van der Waals surface area (Å²) in [5.41, 5.74) is 1.03. The van der Waals surface area contributed by atoms with Crippen LogP contribution in [-0.2, 0) is 9.53 Å². The molecule has 0 aliphatic heterocycles. The third-order valence-corrected chi connectivity index (χ3v) is 3.63. The lowest BCUT2D eigenvalue weighted by molar-refractivity contribution is -0.123. The zero-order valence-electron chi connectivity index (χ0n) is 15.6. The second-order valence-electron chi connectivity index (χ2n) is 6.42. The van der Waals surface area contributed by atoms with Gasteiger partial charge in [0.1, 0.15) is 11.8 Å². The van der Waals surface area contributed by atoms with Gasteiger partial charge in [0.2, 0.25) is 0 Å². The van der Waals surface area contributed by atoms with Crippen LogP contribution in [0.1, 0.15) is 36.7 Å². The van der Waals surface area contributed by atoms with Crippen LogP contribution in [0.4, 0.5) is 5.69 Å². The van der Waals surface area contributed by atoms with Gasteiger partial charge in [0.15, 0.2) is 6.10 Å². The van der Waals surface area contributed by atoms with Gasteiger partial charge in [-0.05, 0) is 49.2 Å². The fraction of sp³-hybridized carbons (Fsp3) is 0.286. The minimum atomic E-state index is -1.01. The fourth-order valence-corrected chi connectivity index (χ4v) is 2.16. The molecule has 1 amide bonds. The summed E-state index contributed by atoms with van der Waals surface area (Å²) < 4.78 is 10.8. The first-order valence-electron chi connectivity index (χ1n) is 8.64. The van der Waals surface area contributed by atoms with E-state index in [4.69, 9.17) is 14.7 Å². The van der Waals surface area contributed by atoms with Crippen molar-refractivity contribution in [1.82, 2.24) is 0 Å². The number of hydrogen-bond donors (Lipinski definition) is 1. The molecule has 0 saturated heterocycles. The van der Waals surface area contributed by atoms with Crippen molar-refractivity contribution < 1.29 is 19.1 Å². The number of hydrogen-bond acceptors (Lipinski definition) is 5. The summed E-state index contributed by atoms with van der Waals surface area (Å²) in [6.45, 7) is 6.16. The number of nitriles is 1. The lowest BCUT2D eigenvalue weighted by Gasteiger charge is -2.14. The topological polar surface area (TPSA) is 88.4 Å². The van der Waals surface area contributed by atoms with Gasteiger partial charge in [0.25, 0.3) is 5.91 Å². The van der Waals surface area contributed by atoms with E-state index in [1.807, 2.05) is 19.9 Å². The average molecular weight is 366 g/mol. The second-order valence-corrected chi connectivity index (χ2v) is 6.42. The predicted octanol–water partition coefficient (Wildman–Crippen LogP) is 3.78. The van der Waals surface area contributed by atoms with Gasteiger partial charge in [0.05, 0.1) is 23.4 Å². The highest BCUT2D eigenvalue weighted by molar-refractivity contribution is 5.98. The van der Waals surface area contributed by atoms with Gasteiger partial charge in [-0.2, -0.15) is 5.26 Å². The quantitative estimate of drug-likeness (QED) is 0.754. The number of nitrogens with zero attached hydrogens (tertiary/aromatic N) is 1. The minimum Gasteiger partial charge on any atom is -0.493 e. The van der Waals surface area contributed by atoms with Crippen LogP contribution in [0.15, 0.2) is 48.5 Å². The molecular weight excluding hydrogens is 344 g/mol. The number of rotatable bonds is 7. The Morgan fingerprint density at radius 3 is 2.37 bits per heavy atom. The lowest BCUT2D eigenvalue weighted by Crippen LogP contribution is -2.30. The Balaban J connectivity index is 1.94. The van der Waals surface area contributed by atoms with Crippen LogP contribution >= 0.6 is 0 Å². The van der Waals surface area contributed by atoms with Crippen LogP contribution in [0.2, 0.25) is 0 Å². The first-order valence-corrected chi connectivity index (χ1v) is 8.64. The van der Waals surface area contributed by atoms with Gasteiger partial charge in [-0.3, -0.25) is 4.79 Å². The molecule has 0 bridgehead atoms. The van der Waals surface area contributed by atoms with E-state index >= 15 is 0 Å². The Bertz CT molecular complexity index is 838. The zero-order valence-corrected chi connectivity index (χ0v) is 15.6. The average Bonchev–Trinajstić information content (AvgIpc) is 2.67. The van der Waals surface area contributed by atoms with Crippen LogP contribution < -0.4 is 10.1 Å². The highest BCUT2D eigenvalue weighted by Gasteiger charge is 2.20. The molecule has 1 atom stereocenters. The van der Waals surface area contributed by atoms with Crippen LogP contribution in [0.5, 0.6) is 5.75 Å². The van der Waals surface area contributed by atoms with Crippen molar-refractivity contribution in [3.05, 3.63) is 59.7 Å². The molecule has 2 rings (SSSR count). The van der Waals surface area contributed by atoms with Gasteiger partial charge in [0, 0.05) is 0 Å². The number of carbonyl (C=O) groups excluding carboxylic acids is 2.